The smallest absolute Gasteiger partial charge is 0.131 e. The van der Waals surface area contributed by atoms with E-state index in [0.717, 1.165) is 37.9 Å². The summed E-state index contributed by atoms with van der Waals surface area (Å²) < 4.78 is 19.2. The zero-order valence-electron chi connectivity index (χ0n) is 12.6. The van der Waals surface area contributed by atoms with Crippen LogP contribution in [0, 0.1) is 17.7 Å². The molecule has 4 heteroatoms. The minimum absolute atomic E-state index is 0.278. The van der Waals surface area contributed by atoms with E-state index in [-0.39, 0.29) is 11.9 Å². The summed E-state index contributed by atoms with van der Waals surface area (Å²) in [4.78, 5) is 2.42. The van der Waals surface area contributed by atoms with Crippen LogP contribution in [0.2, 0.25) is 0 Å². The van der Waals surface area contributed by atoms with Crippen molar-refractivity contribution in [3.05, 3.63) is 29.6 Å². The SMILES string of the molecule is COc1cccc(F)c1C(N)CCN1CC(C)C(C)C1. The van der Waals surface area contributed by atoms with Crippen molar-refractivity contribution in [3.8, 4) is 5.75 Å². The van der Waals surface area contributed by atoms with Gasteiger partial charge in [0.05, 0.1) is 7.11 Å². The van der Waals surface area contributed by atoms with Crippen molar-refractivity contribution in [3.63, 3.8) is 0 Å². The van der Waals surface area contributed by atoms with Gasteiger partial charge in [0, 0.05) is 24.7 Å². The molecular weight excluding hydrogens is 255 g/mol. The number of likely N-dealkylation sites (tertiary alicyclic amines) is 1. The maximum atomic E-state index is 13.9. The van der Waals surface area contributed by atoms with Crippen LogP contribution in [-0.2, 0) is 0 Å². The molecule has 1 aliphatic rings. The second-order valence-corrected chi connectivity index (χ2v) is 5.97. The van der Waals surface area contributed by atoms with Crippen LogP contribution < -0.4 is 10.5 Å². The second kappa shape index (κ2) is 6.55. The highest BCUT2D eigenvalue weighted by molar-refractivity contribution is 5.37. The number of hydrogen-bond donors (Lipinski definition) is 1. The number of nitrogens with two attached hydrogens (primary N) is 1. The van der Waals surface area contributed by atoms with Crippen molar-refractivity contribution in [1.29, 1.82) is 0 Å². The van der Waals surface area contributed by atoms with Crippen LogP contribution in [0.15, 0.2) is 18.2 Å². The Morgan fingerprint density at radius 2 is 2.00 bits per heavy atom. The van der Waals surface area contributed by atoms with E-state index in [1.165, 1.54) is 6.07 Å². The molecule has 3 nitrogen and oxygen atoms in total. The van der Waals surface area contributed by atoms with Gasteiger partial charge in [0.2, 0.25) is 0 Å². The fourth-order valence-corrected chi connectivity index (χ4v) is 2.95. The van der Waals surface area contributed by atoms with Gasteiger partial charge in [-0.2, -0.15) is 0 Å². The van der Waals surface area contributed by atoms with Crippen molar-refractivity contribution < 1.29 is 9.13 Å². The molecule has 0 saturated carbocycles. The Labute approximate surface area is 120 Å². The normalized spacial score (nSPS) is 24.9. The van der Waals surface area contributed by atoms with Gasteiger partial charge in [0.25, 0.3) is 0 Å². The minimum Gasteiger partial charge on any atom is -0.496 e. The molecule has 3 atom stereocenters. The summed E-state index contributed by atoms with van der Waals surface area (Å²) in [6.07, 6.45) is 0.747. The van der Waals surface area contributed by atoms with Crippen LogP contribution in [0.4, 0.5) is 4.39 Å². The van der Waals surface area contributed by atoms with Gasteiger partial charge in [-0.15, -0.1) is 0 Å². The van der Waals surface area contributed by atoms with Gasteiger partial charge in [-0.05, 0) is 36.9 Å². The summed E-state index contributed by atoms with van der Waals surface area (Å²) in [6.45, 7) is 7.70. The van der Waals surface area contributed by atoms with E-state index in [0.29, 0.717) is 11.3 Å². The number of nitrogens with zero attached hydrogens (tertiary/aromatic N) is 1. The number of hydrogen-bond acceptors (Lipinski definition) is 3. The minimum atomic E-state index is -0.322. The molecule has 0 amide bonds. The van der Waals surface area contributed by atoms with Crippen LogP contribution in [0.25, 0.3) is 0 Å². The van der Waals surface area contributed by atoms with Crippen LogP contribution in [0.3, 0.4) is 0 Å². The lowest BCUT2D eigenvalue weighted by Crippen LogP contribution is -2.26. The van der Waals surface area contributed by atoms with E-state index in [9.17, 15) is 4.39 Å². The molecule has 1 saturated heterocycles. The van der Waals surface area contributed by atoms with Gasteiger partial charge in [-0.25, -0.2) is 4.39 Å². The standard InChI is InChI=1S/C16H25FN2O/c1-11-9-19(10-12(11)2)8-7-14(18)16-13(17)5-4-6-15(16)20-3/h4-6,11-12,14H,7-10,18H2,1-3H3. The molecule has 20 heavy (non-hydrogen) atoms. The quantitative estimate of drug-likeness (QED) is 0.901. The van der Waals surface area contributed by atoms with Crippen molar-refractivity contribution >= 4 is 0 Å². The average Bonchev–Trinajstić information content (AvgIpc) is 2.74. The Morgan fingerprint density at radius 1 is 1.35 bits per heavy atom. The Balaban J connectivity index is 1.97. The monoisotopic (exact) mass is 280 g/mol. The molecule has 1 aromatic rings. The molecule has 112 valence electrons. The molecule has 0 aliphatic carbocycles. The third-order valence-corrected chi connectivity index (χ3v) is 4.42. The molecule has 1 aliphatic heterocycles. The molecule has 3 unspecified atom stereocenters. The maximum absolute atomic E-state index is 13.9. The summed E-state index contributed by atoms with van der Waals surface area (Å²) in [6, 6.07) is 4.53. The van der Waals surface area contributed by atoms with Crippen LogP contribution in [-0.4, -0.2) is 31.6 Å². The predicted octanol–water partition coefficient (Wildman–Crippen LogP) is 2.81. The van der Waals surface area contributed by atoms with Crippen molar-refractivity contribution in [2.45, 2.75) is 26.3 Å². The van der Waals surface area contributed by atoms with E-state index < -0.39 is 0 Å². The zero-order valence-corrected chi connectivity index (χ0v) is 12.6. The molecule has 0 aromatic heterocycles. The molecule has 2 rings (SSSR count). The first-order chi connectivity index (χ1) is 9.52. The summed E-state index contributed by atoms with van der Waals surface area (Å²) in [5, 5.41) is 0. The van der Waals surface area contributed by atoms with Gasteiger partial charge in [0.1, 0.15) is 11.6 Å². The Hall–Kier alpha value is -1.13. The fraction of sp³-hybridized carbons (Fsp3) is 0.625. The molecule has 0 spiro atoms. The maximum Gasteiger partial charge on any atom is 0.131 e. The molecule has 2 N–H and O–H groups in total. The van der Waals surface area contributed by atoms with Gasteiger partial charge in [-0.3, -0.25) is 0 Å². The largest absolute Gasteiger partial charge is 0.496 e. The molecular formula is C16H25FN2O. The topological polar surface area (TPSA) is 38.5 Å². The zero-order chi connectivity index (χ0) is 14.7. The van der Waals surface area contributed by atoms with Crippen LogP contribution in [0.1, 0.15) is 31.9 Å². The number of benzene rings is 1. The lowest BCUT2D eigenvalue weighted by atomic mass is 10.0. The third-order valence-electron chi connectivity index (χ3n) is 4.42. The first-order valence-electron chi connectivity index (χ1n) is 7.33. The van der Waals surface area contributed by atoms with Gasteiger partial charge in [-0.1, -0.05) is 19.9 Å². The molecule has 0 radical (unpaired) electrons. The fourth-order valence-electron chi connectivity index (χ4n) is 2.95. The Bertz CT molecular complexity index is 442. The van der Waals surface area contributed by atoms with Crippen LogP contribution in [0.5, 0.6) is 5.75 Å². The first-order valence-corrected chi connectivity index (χ1v) is 7.33. The van der Waals surface area contributed by atoms with E-state index in [4.69, 9.17) is 10.5 Å². The number of rotatable bonds is 5. The van der Waals surface area contributed by atoms with Gasteiger partial charge in [0.15, 0.2) is 0 Å². The van der Waals surface area contributed by atoms with Gasteiger partial charge >= 0.3 is 0 Å². The summed E-state index contributed by atoms with van der Waals surface area (Å²) in [5.41, 5.74) is 6.67. The van der Waals surface area contributed by atoms with E-state index in [1.54, 1.807) is 19.2 Å². The summed E-state index contributed by atoms with van der Waals surface area (Å²) >= 11 is 0. The number of halogens is 1. The third kappa shape index (κ3) is 3.30. The average molecular weight is 280 g/mol. The van der Waals surface area contributed by atoms with Crippen molar-refractivity contribution in [1.82, 2.24) is 4.90 Å². The molecule has 1 aromatic carbocycles. The Morgan fingerprint density at radius 3 is 2.60 bits per heavy atom. The van der Waals surface area contributed by atoms with E-state index >= 15 is 0 Å². The summed E-state index contributed by atoms with van der Waals surface area (Å²) in [5.74, 6) is 1.73. The second-order valence-electron chi connectivity index (χ2n) is 5.97. The highest BCUT2D eigenvalue weighted by atomic mass is 19.1. The van der Waals surface area contributed by atoms with Gasteiger partial charge < -0.3 is 15.4 Å². The first kappa shape index (κ1) is 15.3. The Kier molecular flexibility index (Phi) is 5.00. The predicted molar refractivity (Wildman–Crippen MR) is 79.3 cm³/mol. The molecule has 0 bridgehead atoms. The lowest BCUT2D eigenvalue weighted by molar-refractivity contribution is 0.305. The molecule has 1 fully saturated rings. The van der Waals surface area contributed by atoms with E-state index in [2.05, 4.69) is 18.7 Å². The van der Waals surface area contributed by atoms with E-state index in [1.807, 2.05) is 0 Å². The summed E-state index contributed by atoms with van der Waals surface area (Å²) in [7, 11) is 1.55. The van der Waals surface area contributed by atoms with Crippen molar-refractivity contribution in [2.75, 3.05) is 26.7 Å². The highest BCUT2D eigenvalue weighted by Gasteiger charge is 2.26. The van der Waals surface area contributed by atoms with Crippen LogP contribution >= 0.6 is 0 Å². The number of methoxy groups -OCH3 is 1. The highest BCUT2D eigenvalue weighted by Crippen LogP contribution is 2.29. The molecule has 1 heterocycles. The lowest BCUT2D eigenvalue weighted by Gasteiger charge is -2.20. The number of ether oxygens (including phenoxy) is 1. The van der Waals surface area contributed by atoms with Crippen molar-refractivity contribution in [2.24, 2.45) is 17.6 Å².